The van der Waals surface area contributed by atoms with Gasteiger partial charge in [0.15, 0.2) is 9.84 Å². The van der Waals surface area contributed by atoms with Crippen molar-refractivity contribution in [3.8, 4) is 11.3 Å². The van der Waals surface area contributed by atoms with E-state index in [2.05, 4.69) is 45.3 Å². The molecule has 2 N–H and O–H groups in total. The predicted octanol–water partition coefficient (Wildman–Crippen LogP) is 3.64. The van der Waals surface area contributed by atoms with Crippen molar-refractivity contribution in [3.63, 3.8) is 0 Å². The molecule has 2 aromatic carbocycles. The van der Waals surface area contributed by atoms with Crippen molar-refractivity contribution in [3.05, 3.63) is 42.5 Å². The minimum absolute atomic E-state index is 0.0952. The van der Waals surface area contributed by atoms with E-state index in [1.807, 2.05) is 24.3 Å². The van der Waals surface area contributed by atoms with Crippen LogP contribution in [0.4, 0.5) is 17.1 Å². The Bertz CT molecular complexity index is 1310. The number of H-pyrrole nitrogens is 1. The van der Waals surface area contributed by atoms with Crippen LogP contribution in [0.25, 0.3) is 22.2 Å². The summed E-state index contributed by atoms with van der Waals surface area (Å²) in [5, 5.41) is 3.89. The van der Waals surface area contributed by atoms with E-state index in [1.54, 1.807) is 0 Å². The zero-order valence-electron chi connectivity index (χ0n) is 20.2. The molecular formula is C26H32N4O4S. The zero-order valence-corrected chi connectivity index (χ0v) is 21.0. The number of anilines is 3. The molecule has 0 radical (unpaired) electrons. The van der Waals surface area contributed by atoms with Crippen molar-refractivity contribution < 1.29 is 17.9 Å². The van der Waals surface area contributed by atoms with Crippen molar-refractivity contribution in [2.75, 3.05) is 60.0 Å². The smallest absolute Gasteiger partial charge is 0.221 e. The van der Waals surface area contributed by atoms with Crippen LogP contribution in [-0.2, 0) is 19.4 Å². The molecule has 2 aliphatic heterocycles. The number of hydrogen-bond donors (Lipinski definition) is 2. The second-order valence-corrected chi connectivity index (χ2v) is 11.8. The van der Waals surface area contributed by atoms with Gasteiger partial charge in [-0.1, -0.05) is 12.1 Å². The SMILES string of the molecule is CC(=O)Nc1ccc(-c2cc3cc(N4CCS(=O)(=O)CC4)cc(N(C)C4CCOCC4)c3[nH]2)cc1. The first-order chi connectivity index (χ1) is 16.8. The topological polar surface area (TPSA) is 94.7 Å². The van der Waals surface area contributed by atoms with Gasteiger partial charge in [-0.3, -0.25) is 4.79 Å². The molecule has 0 saturated carbocycles. The van der Waals surface area contributed by atoms with Crippen LogP contribution in [0.1, 0.15) is 19.8 Å². The number of nitrogens with one attached hydrogen (secondary N) is 2. The third-order valence-corrected chi connectivity index (χ3v) is 8.65. The maximum Gasteiger partial charge on any atom is 0.221 e. The summed E-state index contributed by atoms with van der Waals surface area (Å²) in [5.74, 6) is 0.284. The largest absolute Gasteiger partial charge is 0.381 e. The van der Waals surface area contributed by atoms with Gasteiger partial charge in [-0.2, -0.15) is 0 Å². The normalized spacial score (nSPS) is 18.5. The zero-order chi connectivity index (χ0) is 24.6. The van der Waals surface area contributed by atoms with E-state index in [0.29, 0.717) is 19.1 Å². The summed E-state index contributed by atoms with van der Waals surface area (Å²) in [5.41, 5.74) is 6.01. The molecule has 0 aliphatic carbocycles. The quantitative estimate of drug-likeness (QED) is 0.560. The highest BCUT2D eigenvalue weighted by molar-refractivity contribution is 7.91. The summed E-state index contributed by atoms with van der Waals surface area (Å²) in [6.07, 6.45) is 1.95. The Balaban J connectivity index is 1.54. The molecule has 1 aromatic heterocycles. The number of hydrogen-bond acceptors (Lipinski definition) is 6. The fourth-order valence-electron chi connectivity index (χ4n) is 5.00. The molecule has 2 aliphatic rings. The summed E-state index contributed by atoms with van der Waals surface area (Å²) < 4.78 is 29.6. The molecule has 1 amide bonds. The fraction of sp³-hybridized carbons (Fsp3) is 0.423. The molecule has 3 heterocycles. The van der Waals surface area contributed by atoms with Crippen molar-refractivity contribution in [2.45, 2.75) is 25.8 Å². The first-order valence-corrected chi connectivity index (χ1v) is 13.9. The Kier molecular flexibility index (Phi) is 6.46. The molecule has 0 atom stereocenters. The van der Waals surface area contributed by atoms with Crippen LogP contribution in [0, 0.1) is 0 Å². The molecule has 0 unspecified atom stereocenters. The fourth-order valence-corrected chi connectivity index (χ4v) is 6.20. The average Bonchev–Trinajstić information content (AvgIpc) is 3.28. The van der Waals surface area contributed by atoms with E-state index < -0.39 is 9.84 Å². The molecule has 0 bridgehead atoms. The number of fused-ring (bicyclic) bond motifs is 1. The lowest BCUT2D eigenvalue weighted by Crippen LogP contribution is -2.40. The van der Waals surface area contributed by atoms with Gasteiger partial charge in [0, 0.05) is 68.8 Å². The van der Waals surface area contributed by atoms with Crippen LogP contribution in [0.3, 0.4) is 0 Å². The third kappa shape index (κ3) is 5.16. The number of amides is 1. The molecule has 9 heteroatoms. The van der Waals surface area contributed by atoms with Gasteiger partial charge < -0.3 is 24.8 Å². The van der Waals surface area contributed by atoms with Crippen LogP contribution in [-0.4, -0.2) is 70.2 Å². The van der Waals surface area contributed by atoms with Gasteiger partial charge in [-0.05, 0) is 48.7 Å². The van der Waals surface area contributed by atoms with Crippen LogP contribution < -0.4 is 15.1 Å². The van der Waals surface area contributed by atoms with E-state index in [4.69, 9.17) is 4.74 Å². The Labute approximate surface area is 206 Å². The number of nitrogens with zero attached hydrogens (tertiary/aromatic N) is 2. The van der Waals surface area contributed by atoms with E-state index in [1.165, 1.54) is 6.92 Å². The maximum absolute atomic E-state index is 12.0. The average molecular weight is 497 g/mol. The first kappa shape index (κ1) is 23.7. The monoisotopic (exact) mass is 496 g/mol. The van der Waals surface area contributed by atoms with Gasteiger partial charge in [0.05, 0.1) is 22.7 Å². The lowest BCUT2D eigenvalue weighted by Gasteiger charge is -2.35. The first-order valence-electron chi connectivity index (χ1n) is 12.1. The van der Waals surface area contributed by atoms with Gasteiger partial charge in [0.25, 0.3) is 0 Å². The van der Waals surface area contributed by atoms with E-state index in [0.717, 1.165) is 65.3 Å². The van der Waals surface area contributed by atoms with Crippen LogP contribution in [0.5, 0.6) is 0 Å². The number of carbonyl (C=O) groups excluding carboxylic acids is 1. The molecule has 0 spiro atoms. The van der Waals surface area contributed by atoms with Gasteiger partial charge in [-0.25, -0.2) is 8.42 Å². The Hall–Kier alpha value is -3.04. The number of rotatable bonds is 5. The molecule has 2 fully saturated rings. The summed E-state index contributed by atoms with van der Waals surface area (Å²) in [7, 11) is -0.814. The Morgan fingerprint density at radius 3 is 2.43 bits per heavy atom. The highest BCUT2D eigenvalue weighted by Gasteiger charge is 2.25. The van der Waals surface area contributed by atoms with Crippen molar-refractivity contribution in [2.24, 2.45) is 0 Å². The molecule has 2 saturated heterocycles. The second kappa shape index (κ2) is 9.54. The van der Waals surface area contributed by atoms with Gasteiger partial charge in [0.1, 0.15) is 0 Å². The van der Waals surface area contributed by atoms with E-state index >= 15 is 0 Å². The minimum atomic E-state index is -2.95. The summed E-state index contributed by atoms with van der Waals surface area (Å²) in [4.78, 5) is 19.5. The second-order valence-electron chi connectivity index (χ2n) is 9.46. The van der Waals surface area contributed by atoms with Crippen LogP contribution in [0.2, 0.25) is 0 Å². The number of ether oxygens (including phenoxy) is 1. The summed E-state index contributed by atoms with van der Waals surface area (Å²) in [6, 6.07) is 14.7. The third-order valence-electron chi connectivity index (χ3n) is 7.04. The molecular weight excluding hydrogens is 464 g/mol. The van der Waals surface area contributed by atoms with E-state index in [-0.39, 0.29) is 17.4 Å². The highest BCUT2D eigenvalue weighted by Crippen LogP contribution is 2.37. The summed E-state index contributed by atoms with van der Waals surface area (Å²) >= 11 is 0. The Morgan fingerprint density at radius 2 is 1.77 bits per heavy atom. The van der Waals surface area contributed by atoms with Crippen molar-refractivity contribution >= 4 is 43.7 Å². The molecule has 3 aromatic rings. The Morgan fingerprint density at radius 1 is 1.09 bits per heavy atom. The van der Waals surface area contributed by atoms with Crippen LogP contribution >= 0.6 is 0 Å². The number of aromatic nitrogens is 1. The van der Waals surface area contributed by atoms with Crippen molar-refractivity contribution in [1.82, 2.24) is 4.98 Å². The standard InChI is InChI=1S/C26H32N4O4S/c1-18(31)27-21-5-3-19(4-6-21)24-16-20-15-23(30-9-13-35(32,33)14-10-30)17-25(26(20)28-24)29(2)22-7-11-34-12-8-22/h3-6,15-17,22,28H,7-14H2,1-2H3,(H,27,31). The highest BCUT2D eigenvalue weighted by atomic mass is 32.2. The lowest BCUT2D eigenvalue weighted by atomic mass is 10.1. The van der Waals surface area contributed by atoms with Gasteiger partial charge in [-0.15, -0.1) is 0 Å². The predicted molar refractivity (Wildman–Crippen MR) is 141 cm³/mol. The number of carbonyl (C=O) groups is 1. The van der Waals surface area contributed by atoms with Crippen LogP contribution in [0.15, 0.2) is 42.5 Å². The molecule has 5 rings (SSSR count). The maximum atomic E-state index is 12.0. The lowest BCUT2D eigenvalue weighted by molar-refractivity contribution is -0.114. The number of benzene rings is 2. The van der Waals surface area contributed by atoms with Gasteiger partial charge >= 0.3 is 0 Å². The molecule has 8 nitrogen and oxygen atoms in total. The summed E-state index contributed by atoms with van der Waals surface area (Å²) in [6.45, 7) is 4.04. The molecule has 35 heavy (non-hydrogen) atoms. The van der Waals surface area contributed by atoms with E-state index in [9.17, 15) is 13.2 Å². The minimum Gasteiger partial charge on any atom is -0.381 e. The van der Waals surface area contributed by atoms with Crippen molar-refractivity contribution in [1.29, 1.82) is 0 Å². The van der Waals surface area contributed by atoms with Gasteiger partial charge in [0.2, 0.25) is 5.91 Å². The number of sulfone groups is 1. The number of aromatic amines is 1. The molecule has 186 valence electrons.